The van der Waals surface area contributed by atoms with Crippen LogP contribution in [0.25, 0.3) is 0 Å². The first-order valence-electron chi connectivity index (χ1n) is 33.7. The van der Waals surface area contributed by atoms with E-state index in [-0.39, 0.29) is 42.0 Å². The molecule has 1 N–H and O–H groups in total. The van der Waals surface area contributed by atoms with Crippen LogP contribution in [0, 0.1) is 45.8 Å². The summed E-state index contributed by atoms with van der Waals surface area (Å²) in [4.78, 5) is 28.8. The highest BCUT2D eigenvalue weighted by Crippen LogP contribution is 2.82. The number of carbonyl (C=O) groups excluding carboxylic acids is 2. The van der Waals surface area contributed by atoms with Gasteiger partial charge in [0.15, 0.2) is 49.7 Å². The van der Waals surface area contributed by atoms with Crippen molar-refractivity contribution in [2.45, 2.75) is 263 Å². The molecule has 1 spiro atoms. The third-order valence-electron chi connectivity index (χ3n) is 24.5. The van der Waals surface area contributed by atoms with E-state index in [2.05, 4.69) is 95.2 Å². The van der Waals surface area contributed by atoms with Crippen LogP contribution in [0.2, 0.25) is 54.4 Å². The van der Waals surface area contributed by atoms with Gasteiger partial charge in [-0.3, -0.25) is 4.79 Å². The Balaban J connectivity index is 1.12. The van der Waals surface area contributed by atoms with Crippen molar-refractivity contribution in [1.29, 1.82) is 0 Å². The van der Waals surface area contributed by atoms with Crippen LogP contribution in [0.3, 0.4) is 0 Å². The molecule has 7 aliphatic rings. The number of methoxy groups -OCH3 is 2. The highest BCUT2D eigenvalue weighted by atomic mass is 28.4. The van der Waals surface area contributed by atoms with Crippen molar-refractivity contribution < 1.29 is 70.6 Å². The fourth-order valence-electron chi connectivity index (χ4n) is 18.5. The Labute approximate surface area is 519 Å². The molecule has 0 amide bonds. The van der Waals surface area contributed by atoms with Crippen molar-refractivity contribution in [2.24, 2.45) is 45.8 Å². The van der Waals surface area contributed by atoms with Gasteiger partial charge in [-0.25, -0.2) is 4.79 Å². The van der Waals surface area contributed by atoms with Crippen molar-refractivity contribution in [3.8, 4) is 5.75 Å². The zero-order chi connectivity index (χ0) is 62.0. The molecule has 484 valence electrons. The first kappa shape index (κ1) is 67.8. The SMILES string of the molecule is CC[Si](CC)(CC)O[C@@H]1[C@@H](OC(=O)c2ccc(OC)cc2)[C@H](O[C@@H]2[C@@H](OC(C)=O)[C@H](O[C@H]3C[C@H]4[C@@H]5C[C@@H](OC)[C@@]67C[C@@H]6CC[C@]7(C)[C@H]5CC[C@]4(C)[C@@]3(O)[C@H](C)COCc3ccccc3)OC[C@@H]2O[Si](CC)(CC)CC)OC[C@H]1O[Si](CC)(CC)CC. The first-order valence-corrected chi connectivity index (χ1v) is 41.2. The molecule has 0 radical (unpaired) electrons. The topological polar surface area (TPSA) is 165 Å². The summed E-state index contributed by atoms with van der Waals surface area (Å²) in [5.41, 5.74) is -0.225. The summed E-state index contributed by atoms with van der Waals surface area (Å²) >= 11 is 0. The largest absolute Gasteiger partial charge is 0.497 e. The molecule has 0 bridgehead atoms. The number of benzene rings is 2. The van der Waals surface area contributed by atoms with E-state index in [0.29, 0.717) is 42.8 Å². The molecule has 2 heterocycles. The smallest absolute Gasteiger partial charge is 0.338 e. The number of carbonyl (C=O) groups is 2. The summed E-state index contributed by atoms with van der Waals surface area (Å²) in [6.07, 6.45) is -1.49. The number of hydrogen-bond donors (Lipinski definition) is 1. The zero-order valence-corrected chi connectivity index (χ0v) is 58.2. The summed E-state index contributed by atoms with van der Waals surface area (Å²) in [7, 11) is -3.80. The average molecular weight is 1250 g/mol. The molecule has 7 fully saturated rings. The lowest BCUT2D eigenvalue weighted by molar-refractivity contribution is -0.343. The van der Waals surface area contributed by atoms with Crippen LogP contribution in [-0.4, -0.2) is 143 Å². The minimum atomic E-state index is -2.50. The van der Waals surface area contributed by atoms with Gasteiger partial charge in [-0.05, 0) is 158 Å². The van der Waals surface area contributed by atoms with E-state index < -0.39 is 103 Å². The van der Waals surface area contributed by atoms with Gasteiger partial charge in [0.25, 0.3) is 0 Å². The van der Waals surface area contributed by atoms with Crippen LogP contribution < -0.4 is 4.74 Å². The van der Waals surface area contributed by atoms with Crippen LogP contribution in [0.4, 0.5) is 0 Å². The molecule has 19 atom stereocenters. The van der Waals surface area contributed by atoms with Gasteiger partial charge >= 0.3 is 11.9 Å². The summed E-state index contributed by atoms with van der Waals surface area (Å²) in [5.74, 6) is 0.688. The summed E-state index contributed by atoms with van der Waals surface area (Å²) in [5, 5.41) is 14.3. The zero-order valence-electron chi connectivity index (χ0n) is 55.2. The van der Waals surface area contributed by atoms with Crippen molar-refractivity contribution in [2.75, 3.05) is 34.0 Å². The second-order valence-electron chi connectivity index (χ2n) is 27.6. The van der Waals surface area contributed by atoms with Gasteiger partial charge in [-0.1, -0.05) is 113 Å². The van der Waals surface area contributed by atoms with Gasteiger partial charge in [-0.15, -0.1) is 0 Å². The lowest BCUT2D eigenvalue weighted by Crippen LogP contribution is -2.66. The van der Waals surface area contributed by atoms with Crippen molar-refractivity contribution in [3.63, 3.8) is 0 Å². The highest BCUT2D eigenvalue weighted by Gasteiger charge is 2.79. The summed E-state index contributed by atoms with van der Waals surface area (Å²) < 4.78 is 83.5. The maximum atomic E-state index is 14.8. The fraction of sp³-hybridized carbons (Fsp3) is 0.794. The Morgan fingerprint density at radius 1 is 0.640 bits per heavy atom. The van der Waals surface area contributed by atoms with Gasteiger partial charge in [0.05, 0.1) is 63.5 Å². The molecule has 5 aliphatic carbocycles. The van der Waals surface area contributed by atoms with Crippen molar-refractivity contribution in [1.82, 2.24) is 0 Å². The van der Waals surface area contributed by atoms with E-state index in [9.17, 15) is 14.7 Å². The van der Waals surface area contributed by atoms with Crippen LogP contribution in [0.15, 0.2) is 54.6 Å². The Hall–Kier alpha value is -2.57. The number of aliphatic hydroxyl groups is 1. The third-order valence-corrected chi connectivity index (χ3v) is 38.5. The van der Waals surface area contributed by atoms with Crippen LogP contribution in [-0.2, 0) is 62.6 Å². The number of ether oxygens (including phenoxy) is 9. The molecule has 9 rings (SSSR count). The lowest BCUT2D eigenvalue weighted by atomic mass is 9.44. The van der Waals surface area contributed by atoms with Crippen molar-refractivity contribution >= 4 is 36.9 Å². The molecule has 2 saturated heterocycles. The van der Waals surface area contributed by atoms with Gasteiger partial charge in [0, 0.05) is 30.8 Å². The molecule has 2 aromatic carbocycles. The van der Waals surface area contributed by atoms with Gasteiger partial charge < -0.3 is 61.0 Å². The van der Waals surface area contributed by atoms with Gasteiger partial charge in [0.1, 0.15) is 23.6 Å². The molecule has 15 nitrogen and oxygen atoms in total. The quantitative estimate of drug-likeness (QED) is 0.0604. The van der Waals surface area contributed by atoms with Crippen molar-refractivity contribution in [3.05, 3.63) is 65.7 Å². The van der Waals surface area contributed by atoms with E-state index in [4.69, 9.17) is 55.9 Å². The number of fused-ring (bicyclic) bond motifs is 4. The molecule has 2 aliphatic heterocycles. The molecule has 18 heteroatoms. The molecule has 0 aromatic heterocycles. The second-order valence-corrected chi connectivity index (χ2v) is 41.7. The van der Waals surface area contributed by atoms with E-state index in [1.54, 1.807) is 31.4 Å². The lowest BCUT2D eigenvalue weighted by Gasteiger charge is -2.62. The van der Waals surface area contributed by atoms with Crippen LogP contribution in [0.1, 0.15) is 151 Å². The van der Waals surface area contributed by atoms with Crippen LogP contribution >= 0.6 is 0 Å². The molecule has 2 aromatic rings. The Morgan fingerprint density at radius 3 is 1.73 bits per heavy atom. The highest BCUT2D eigenvalue weighted by molar-refractivity contribution is 6.74. The average Bonchev–Trinajstić information content (AvgIpc) is 1.48. The molecule has 5 saturated carbocycles. The predicted octanol–water partition coefficient (Wildman–Crippen LogP) is 13.7. The molecule has 86 heavy (non-hydrogen) atoms. The molecular weight excluding hydrogens is 1140 g/mol. The molecule has 0 unspecified atom stereocenters. The van der Waals surface area contributed by atoms with Crippen LogP contribution in [0.5, 0.6) is 5.75 Å². The first-order chi connectivity index (χ1) is 41.2. The standard InChI is InChI=1S/C68H110O15Si3/c1-16-84(17-2,18-3)81-54-43-75-63(78-57-39-53-51-38-56(73-15)67-40-49(67)34-36-65(67,12)52(51)35-37-66(53,13)68(57,71)45(10)41-74-42-47-28-26-25-27-29-47)60(77-46(11)69)58(54)80-64-61(79-62(70)48-30-32-50(72-14)33-31-48)59(83-86(22-7,23-8)24-9)55(44-76-64)82-85(19-4,20-5)21-6/h25-33,45,49,51-61,63-64,71H,16-24,34-44H2,1-15H3/t45-,49+,51-,52+,53+,54+,55-,56-,57+,58+,59+,60-,61-,63+,64+,65-,66+,67-,68-/m1/s1. The number of hydrogen-bond acceptors (Lipinski definition) is 15. The monoisotopic (exact) mass is 1250 g/mol. The number of rotatable bonds is 29. The maximum Gasteiger partial charge on any atom is 0.338 e. The van der Waals surface area contributed by atoms with E-state index >= 15 is 0 Å². The second kappa shape index (κ2) is 27.7. The Bertz CT molecular complexity index is 2510. The van der Waals surface area contributed by atoms with E-state index in [1.165, 1.54) is 26.2 Å². The molecular formula is C68H110O15Si3. The Kier molecular flexibility index (Phi) is 21.9. The Morgan fingerprint density at radius 2 is 1.19 bits per heavy atom. The van der Waals surface area contributed by atoms with Gasteiger partial charge in [0.2, 0.25) is 0 Å². The third kappa shape index (κ3) is 12.4. The summed E-state index contributed by atoms with van der Waals surface area (Å²) in [6, 6.07) is 24.7. The predicted molar refractivity (Wildman–Crippen MR) is 339 cm³/mol. The van der Waals surface area contributed by atoms with E-state index in [0.717, 1.165) is 85.1 Å². The minimum absolute atomic E-state index is 0.0368. The minimum Gasteiger partial charge on any atom is -0.497 e. The normalized spacial score (nSPS) is 37.2. The summed E-state index contributed by atoms with van der Waals surface area (Å²) in [6.45, 7) is 29.0. The maximum absolute atomic E-state index is 14.8. The fourth-order valence-corrected chi connectivity index (χ4v) is 27.1. The van der Waals surface area contributed by atoms with Gasteiger partial charge in [-0.2, -0.15) is 0 Å². The van der Waals surface area contributed by atoms with E-state index in [1.807, 2.05) is 25.3 Å². The number of esters is 2.